The molecule has 1 fully saturated rings. The number of aliphatic carboxylic acids is 1. The number of carbonyl (C=O) groups excluding carboxylic acids is 1. The summed E-state index contributed by atoms with van der Waals surface area (Å²) in [6.07, 6.45) is 2.72. The Kier molecular flexibility index (Phi) is 3.76. The van der Waals surface area contributed by atoms with E-state index in [2.05, 4.69) is 12.1 Å². The molecule has 0 bridgehead atoms. The van der Waals surface area contributed by atoms with E-state index in [-0.39, 0.29) is 11.8 Å². The second-order valence-corrected chi connectivity index (χ2v) is 6.32. The number of hydrogen-bond acceptors (Lipinski definition) is 3. The Morgan fingerprint density at radius 1 is 1.24 bits per heavy atom. The predicted molar refractivity (Wildman–Crippen MR) is 82.3 cm³/mol. The molecule has 1 aliphatic heterocycles. The number of likely N-dealkylation sites (tertiary alicyclic amines) is 1. The molecule has 0 aromatic heterocycles. The molecule has 5 heteroatoms. The number of carboxylic acid groups (broad SMARTS) is 1. The summed E-state index contributed by atoms with van der Waals surface area (Å²) in [5.41, 5.74) is 2.61. The fourth-order valence-electron chi connectivity index (χ4n) is 3.37. The Bertz CT molecular complexity index is 588. The lowest BCUT2D eigenvalue weighted by atomic mass is 10.0. The van der Waals surface area contributed by atoms with Gasteiger partial charge in [0.15, 0.2) is 6.04 Å². The second kappa shape index (κ2) is 5.56. The van der Waals surface area contributed by atoms with Crippen molar-refractivity contribution < 1.29 is 14.7 Å². The SMILES string of the molecule is O=C(O)[C@@H]1C(=S)CCN1C(=O)CC1Cc2ccccc2C1. The van der Waals surface area contributed by atoms with Gasteiger partial charge in [0.2, 0.25) is 5.91 Å². The van der Waals surface area contributed by atoms with Crippen LogP contribution in [0.25, 0.3) is 0 Å². The Balaban J connectivity index is 1.66. The number of thiocarbonyl (C=S) groups is 1. The summed E-state index contributed by atoms with van der Waals surface area (Å²) in [7, 11) is 0. The lowest BCUT2D eigenvalue weighted by molar-refractivity contribution is -0.146. The molecule has 1 aromatic carbocycles. The smallest absolute Gasteiger partial charge is 0.331 e. The van der Waals surface area contributed by atoms with Crippen molar-refractivity contribution >= 4 is 29.0 Å². The van der Waals surface area contributed by atoms with E-state index < -0.39 is 12.0 Å². The first kappa shape index (κ1) is 14.2. The van der Waals surface area contributed by atoms with Gasteiger partial charge in [0.1, 0.15) is 0 Å². The minimum atomic E-state index is -1.01. The van der Waals surface area contributed by atoms with Crippen LogP contribution in [-0.2, 0) is 22.4 Å². The molecular formula is C16H17NO3S. The fourth-order valence-corrected chi connectivity index (χ4v) is 3.69. The standard InChI is InChI=1S/C16H17NO3S/c18-14(17-6-5-13(21)15(17)16(19)20)9-10-7-11-3-1-2-4-12(11)8-10/h1-4,10,15H,5-9H2,(H,19,20)/t15-/m0/s1. The highest BCUT2D eigenvalue weighted by Gasteiger charge is 2.39. The second-order valence-electron chi connectivity index (χ2n) is 5.79. The first-order valence-corrected chi connectivity index (χ1v) is 7.59. The topological polar surface area (TPSA) is 57.6 Å². The van der Waals surface area contributed by atoms with E-state index in [9.17, 15) is 14.7 Å². The Labute approximate surface area is 128 Å². The van der Waals surface area contributed by atoms with Crippen LogP contribution in [0.3, 0.4) is 0 Å². The number of carbonyl (C=O) groups is 2. The first-order valence-electron chi connectivity index (χ1n) is 7.18. The molecule has 0 radical (unpaired) electrons. The maximum absolute atomic E-state index is 12.4. The van der Waals surface area contributed by atoms with Crippen LogP contribution >= 0.6 is 12.2 Å². The lowest BCUT2D eigenvalue weighted by Gasteiger charge is -2.22. The fraction of sp³-hybridized carbons (Fsp3) is 0.438. The molecule has 1 heterocycles. The van der Waals surface area contributed by atoms with Crippen molar-refractivity contribution in [2.75, 3.05) is 6.54 Å². The number of carboxylic acids is 1. The molecule has 1 aliphatic carbocycles. The highest BCUT2D eigenvalue weighted by atomic mass is 32.1. The number of rotatable bonds is 3. The van der Waals surface area contributed by atoms with Crippen LogP contribution in [0, 0.1) is 5.92 Å². The number of fused-ring (bicyclic) bond motifs is 1. The van der Waals surface area contributed by atoms with Gasteiger partial charge in [-0.2, -0.15) is 0 Å². The van der Waals surface area contributed by atoms with Gasteiger partial charge in [-0.1, -0.05) is 36.5 Å². The van der Waals surface area contributed by atoms with Crippen molar-refractivity contribution in [1.29, 1.82) is 0 Å². The van der Waals surface area contributed by atoms with E-state index in [1.165, 1.54) is 16.0 Å². The number of amides is 1. The van der Waals surface area contributed by atoms with Crippen LogP contribution in [-0.4, -0.2) is 39.3 Å². The van der Waals surface area contributed by atoms with Crippen LogP contribution in [0.4, 0.5) is 0 Å². The molecule has 0 spiro atoms. The molecule has 21 heavy (non-hydrogen) atoms. The van der Waals surface area contributed by atoms with Gasteiger partial charge in [0.25, 0.3) is 0 Å². The Morgan fingerprint density at radius 3 is 2.43 bits per heavy atom. The van der Waals surface area contributed by atoms with E-state index in [0.29, 0.717) is 24.3 Å². The van der Waals surface area contributed by atoms with Gasteiger partial charge in [0, 0.05) is 17.8 Å². The summed E-state index contributed by atoms with van der Waals surface area (Å²) < 4.78 is 0. The summed E-state index contributed by atoms with van der Waals surface area (Å²) in [6.45, 7) is 0.439. The van der Waals surface area contributed by atoms with Gasteiger partial charge in [-0.05, 0) is 36.3 Å². The van der Waals surface area contributed by atoms with Crippen molar-refractivity contribution in [3.63, 3.8) is 0 Å². The van der Waals surface area contributed by atoms with E-state index in [4.69, 9.17) is 12.2 Å². The molecule has 110 valence electrons. The van der Waals surface area contributed by atoms with Gasteiger partial charge in [-0.3, -0.25) is 4.79 Å². The van der Waals surface area contributed by atoms with Crippen molar-refractivity contribution in [1.82, 2.24) is 4.90 Å². The molecule has 0 unspecified atom stereocenters. The van der Waals surface area contributed by atoms with E-state index in [0.717, 1.165) is 12.8 Å². The molecule has 0 saturated carbocycles. The third kappa shape index (κ3) is 2.70. The quantitative estimate of drug-likeness (QED) is 0.866. The summed E-state index contributed by atoms with van der Waals surface area (Å²) >= 11 is 5.08. The van der Waals surface area contributed by atoms with E-state index >= 15 is 0 Å². The number of hydrogen-bond donors (Lipinski definition) is 1. The molecule has 1 aromatic rings. The van der Waals surface area contributed by atoms with Crippen LogP contribution in [0.1, 0.15) is 24.0 Å². The zero-order valence-electron chi connectivity index (χ0n) is 11.6. The van der Waals surface area contributed by atoms with E-state index in [1.807, 2.05) is 12.1 Å². The Hall–Kier alpha value is -1.75. The normalized spacial score (nSPS) is 21.6. The number of nitrogens with zero attached hydrogens (tertiary/aromatic N) is 1. The Morgan fingerprint density at radius 2 is 1.86 bits per heavy atom. The largest absolute Gasteiger partial charge is 0.479 e. The van der Waals surface area contributed by atoms with Gasteiger partial charge in [-0.25, -0.2) is 4.79 Å². The van der Waals surface area contributed by atoms with Gasteiger partial charge < -0.3 is 10.0 Å². The minimum absolute atomic E-state index is 0.0833. The van der Waals surface area contributed by atoms with Crippen LogP contribution in [0.15, 0.2) is 24.3 Å². The summed E-state index contributed by atoms with van der Waals surface area (Å²) in [6, 6.07) is 7.33. The van der Waals surface area contributed by atoms with Gasteiger partial charge in [-0.15, -0.1) is 0 Å². The molecule has 1 atom stereocenters. The van der Waals surface area contributed by atoms with Crippen molar-refractivity contribution in [2.45, 2.75) is 31.7 Å². The highest BCUT2D eigenvalue weighted by molar-refractivity contribution is 7.80. The summed E-state index contributed by atoms with van der Waals surface area (Å²) in [5.74, 6) is -0.820. The van der Waals surface area contributed by atoms with Crippen molar-refractivity contribution in [3.8, 4) is 0 Å². The molecule has 4 nitrogen and oxygen atoms in total. The van der Waals surface area contributed by atoms with E-state index in [1.54, 1.807) is 0 Å². The van der Waals surface area contributed by atoms with Crippen molar-refractivity contribution in [3.05, 3.63) is 35.4 Å². The highest BCUT2D eigenvalue weighted by Crippen LogP contribution is 2.30. The van der Waals surface area contributed by atoms with Gasteiger partial charge >= 0.3 is 5.97 Å². The monoisotopic (exact) mass is 303 g/mol. The molecule has 1 amide bonds. The lowest BCUT2D eigenvalue weighted by Crippen LogP contribution is -2.43. The third-order valence-electron chi connectivity index (χ3n) is 4.37. The molecule has 2 aliphatic rings. The third-order valence-corrected chi connectivity index (χ3v) is 4.80. The maximum atomic E-state index is 12.4. The van der Waals surface area contributed by atoms with Crippen LogP contribution in [0.5, 0.6) is 0 Å². The molecular weight excluding hydrogens is 286 g/mol. The minimum Gasteiger partial charge on any atom is -0.479 e. The summed E-state index contributed by atoms with van der Waals surface area (Å²) in [5, 5.41) is 9.22. The predicted octanol–water partition coefficient (Wildman–Crippen LogP) is 1.85. The zero-order valence-corrected chi connectivity index (χ0v) is 12.4. The molecule has 1 saturated heterocycles. The average Bonchev–Trinajstić information content (AvgIpc) is 3.01. The van der Waals surface area contributed by atoms with Gasteiger partial charge in [0.05, 0.1) is 0 Å². The van der Waals surface area contributed by atoms with Crippen LogP contribution < -0.4 is 0 Å². The number of benzene rings is 1. The summed E-state index contributed by atoms with van der Waals surface area (Å²) in [4.78, 5) is 25.6. The molecule has 3 rings (SSSR count). The molecule has 1 N–H and O–H groups in total. The van der Waals surface area contributed by atoms with Crippen molar-refractivity contribution in [2.24, 2.45) is 5.92 Å². The van der Waals surface area contributed by atoms with Crippen LogP contribution in [0.2, 0.25) is 0 Å². The first-order chi connectivity index (χ1) is 10.1. The maximum Gasteiger partial charge on any atom is 0.331 e. The average molecular weight is 303 g/mol. The zero-order chi connectivity index (χ0) is 15.0.